The minimum Gasteiger partial charge on any atom is -0.481 e. The average molecular weight is 293 g/mol. The minimum absolute atomic E-state index is 0.0302. The number of nitrogens with zero attached hydrogens (tertiary/aromatic N) is 3. The third kappa shape index (κ3) is 2.94. The number of likely N-dealkylation sites (tertiary alicyclic amines) is 1. The van der Waals surface area contributed by atoms with Gasteiger partial charge in [0, 0.05) is 32.3 Å². The molecule has 21 heavy (non-hydrogen) atoms. The van der Waals surface area contributed by atoms with E-state index in [-0.39, 0.29) is 5.91 Å². The summed E-state index contributed by atoms with van der Waals surface area (Å²) < 4.78 is 1.83. The Bertz CT molecular complexity index is 579. The first-order chi connectivity index (χ1) is 9.74. The quantitative estimate of drug-likeness (QED) is 0.907. The highest BCUT2D eigenvalue weighted by Gasteiger charge is 2.41. The van der Waals surface area contributed by atoms with Gasteiger partial charge in [-0.1, -0.05) is 0 Å². The van der Waals surface area contributed by atoms with Gasteiger partial charge < -0.3 is 10.0 Å². The molecule has 6 heteroatoms. The van der Waals surface area contributed by atoms with Crippen molar-refractivity contribution in [2.45, 2.75) is 40.0 Å². The van der Waals surface area contributed by atoms with E-state index in [4.69, 9.17) is 0 Å². The van der Waals surface area contributed by atoms with Crippen LogP contribution in [0.3, 0.4) is 0 Å². The third-order valence-corrected chi connectivity index (χ3v) is 4.59. The van der Waals surface area contributed by atoms with Crippen molar-refractivity contribution in [2.24, 2.45) is 12.5 Å². The zero-order valence-electron chi connectivity index (χ0n) is 13.1. The second kappa shape index (κ2) is 5.50. The molecule has 1 saturated heterocycles. The van der Waals surface area contributed by atoms with Gasteiger partial charge in [0.25, 0.3) is 0 Å². The number of carboxylic acid groups (broad SMARTS) is 1. The first-order valence-corrected chi connectivity index (χ1v) is 7.25. The maximum Gasteiger partial charge on any atom is 0.311 e. The van der Waals surface area contributed by atoms with Crippen LogP contribution >= 0.6 is 0 Å². The van der Waals surface area contributed by atoms with E-state index < -0.39 is 11.4 Å². The molecule has 1 aromatic heterocycles. The lowest BCUT2D eigenvalue weighted by molar-refractivity contribution is -0.147. The predicted molar refractivity (Wildman–Crippen MR) is 77.9 cm³/mol. The molecule has 0 saturated carbocycles. The number of hydrogen-bond donors (Lipinski definition) is 1. The van der Waals surface area contributed by atoms with Crippen LogP contribution in [0.5, 0.6) is 0 Å². The summed E-state index contributed by atoms with van der Waals surface area (Å²) in [4.78, 5) is 25.2. The summed E-state index contributed by atoms with van der Waals surface area (Å²) in [5.41, 5.74) is 2.36. The maximum atomic E-state index is 12.3. The number of amides is 1. The molecule has 1 atom stereocenters. The van der Waals surface area contributed by atoms with Crippen molar-refractivity contribution in [3.63, 3.8) is 0 Å². The Morgan fingerprint density at radius 1 is 1.38 bits per heavy atom. The van der Waals surface area contributed by atoms with Gasteiger partial charge in [-0.25, -0.2) is 0 Å². The number of carboxylic acids is 1. The monoisotopic (exact) mass is 293 g/mol. The van der Waals surface area contributed by atoms with E-state index in [1.54, 1.807) is 11.8 Å². The SMILES string of the molecule is Cc1nn(C)c(C)c1CCC(=O)N1CC[C@](C)(C(=O)O)C1. The largest absolute Gasteiger partial charge is 0.481 e. The molecule has 0 aliphatic carbocycles. The van der Waals surface area contributed by atoms with Crippen LogP contribution in [0.1, 0.15) is 36.7 Å². The molecule has 0 aromatic carbocycles. The number of aliphatic carboxylic acids is 1. The highest BCUT2D eigenvalue weighted by Crippen LogP contribution is 2.30. The van der Waals surface area contributed by atoms with E-state index in [1.165, 1.54) is 0 Å². The van der Waals surface area contributed by atoms with Crippen LogP contribution in [-0.2, 0) is 23.1 Å². The third-order valence-electron chi connectivity index (χ3n) is 4.59. The molecule has 2 heterocycles. The number of aryl methyl sites for hydroxylation is 2. The van der Waals surface area contributed by atoms with Crippen LogP contribution in [0.15, 0.2) is 0 Å². The first kappa shape index (κ1) is 15.5. The van der Waals surface area contributed by atoms with Crippen LogP contribution < -0.4 is 0 Å². The summed E-state index contributed by atoms with van der Waals surface area (Å²) in [6.45, 7) is 6.50. The Balaban J connectivity index is 1.96. The Morgan fingerprint density at radius 2 is 2.05 bits per heavy atom. The standard InChI is InChI=1S/C15H23N3O3/c1-10-12(11(2)17(4)16-10)5-6-13(19)18-8-7-15(3,9-18)14(20)21/h5-9H2,1-4H3,(H,20,21)/t15-/m0/s1. The van der Waals surface area contributed by atoms with Gasteiger partial charge in [-0.3, -0.25) is 14.3 Å². The van der Waals surface area contributed by atoms with Gasteiger partial charge in [0.2, 0.25) is 5.91 Å². The molecule has 1 amide bonds. The maximum absolute atomic E-state index is 12.3. The van der Waals surface area contributed by atoms with Gasteiger partial charge in [0.1, 0.15) is 0 Å². The molecule has 1 N–H and O–H groups in total. The lowest BCUT2D eigenvalue weighted by atomic mass is 9.90. The number of carbonyl (C=O) groups is 2. The summed E-state index contributed by atoms with van der Waals surface area (Å²) in [5, 5.41) is 13.6. The molecule has 1 aromatic rings. The second-order valence-electron chi connectivity index (χ2n) is 6.20. The number of hydrogen-bond acceptors (Lipinski definition) is 3. The summed E-state index contributed by atoms with van der Waals surface area (Å²) in [6.07, 6.45) is 1.59. The first-order valence-electron chi connectivity index (χ1n) is 7.25. The smallest absolute Gasteiger partial charge is 0.311 e. The molecule has 0 unspecified atom stereocenters. The van der Waals surface area contributed by atoms with Gasteiger partial charge in [-0.2, -0.15) is 5.10 Å². The summed E-state index contributed by atoms with van der Waals surface area (Å²) in [7, 11) is 1.90. The molecule has 6 nitrogen and oxygen atoms in total. The van der Waals surface area contributed by atoms with Crippen LogP contribution in [0.4, 0.5) is 0 Å². The lowest BCUT2D eigenvalue weighted by Crippen LogP contribution is -2.35. The van der Waals surface area contributed by atoms with Crippen molar-refractivity contribution in [1.82, 2.24) is 14.7 Å². The molecular formula is C15H23N3O3. The van der Waals surface area contributed by atoms with E-state index in [2.05, 4.69) is 5.10 Å². The molecule has 0 radical (unpaired) electrons. The van der Waals surface area contributed by atoms with Gasteiger partial charge in [-0.05, 0) is 39.2 Å². The molecule has 1 aliphatic rings. The molecule has 0 bridgehead atoms. The minimum atomic E-state index is -0.822. The molecule has 1 fully saturated rings. The van der Waals surface area contributed by atoms with Crippen molar-refractivity contribution in [2.75, 3.05) is 13.1 Å². The topological polar surface area (TPSA) is 75.4 Å². The molecule has 2 rings (SSSR count). The van der Waals surface area contributed by atoms with Gasteiger partial charge in [-0.15, -0.1) is 0 Å². The molecule has 0 spiro atoms. The Labute approximate surface area is 124 Å². The van der Waals surface area contributed by atoms with Crippen molar-refractivity contribution >= 4 is 11.9 Å². The predicted octanol–water partition coefficient (Wildman–Crippen LogP) is 1.29. The van der Waals surface area contributed by atoms with E-state index in [9.17, 15) is 14.7 Å². The van der Waals surface area contributed by atoms with Crippen LogP contribution in [0.2, 0.25) is 0 Å². The van der Waals surface area contributed by atoms with E-state index >= 15 is 0 Å². The summed E-state index contributed by atoms with van der Waals surface area (Å²) >= 11 is 0. The van der Waals surface area contributed by atoms with Crippen LogP contribution in [-0.4, -0.2) is 44.8 Å². The lowest BCUT2D eigenvalue weighted by Gasteiger charge is -2.20. The van der Waals surface area contributed by atoms with Crippen LogP contribution in [0.25, 0.3) is 0 Å². The highest BCUT2D eigenvalue weighted by atomic mass is 16.4. The Kier molecular flexibility index (Phi) is 4.07. The molecular weight excluding hydrogens is 270 g/mol. The van der Waals surface area contributed by atoms with Gasteiger partial charge >= 0.3 is 5.97 Å². The van der Waals surface area contributed by atoms with Crippen molar-refractivity contribution < 1.29 is 14.7 Å². The van der Waals surface area contributed by atoms with Crippen LogP contribution in [0, 0.1) is 19.3 Å². The summed E-state index contributed by atoms with van der Waals surface area (Å²) in [6, 6.07) is 0. The van der Waals surface area contributed by atoms with Crippen molar-refractivity contribution in [1.29, 1.82) is 0 Å². The zero-order valence-corrected chi connectivity index (χ0v) is 13.1. The van der Waals surface area contributed by atoms with Gasteiger partial charge in [0.15, 0.2) is 0 Å². The number of rotatable bonds is 4. The summed E-state index contributed by atoms with van der Waals surface area (Å²) in [5.74, 6) is -0.792. The fourth-order valence-corrected chi connectivity index (χ4v) is 2.92. The van der Waals surface area contributed by atoms with Gasteiger partial charge in [0.05, 0.1) is 11.1 Å². The fraction of sp³-hybridized carbons (Fsp3) is 0.667. The zero-order chi connectivity index (χ0) is 15.8. The Hall–Kier alpha value is -1.85. The van der Waals surface area contributed by atoms with E-state index in [0.29, 0.717) is 32.4 Å². The second-order valence-corrected chi connectivity index (χ2v) is 6.20. The van der Waals surface area contributed by atoms with Crippen molar-refractivity contribution in [3.05, 3.63) is 17.0 Å². The van der Waals surface area contributed by atoms with E-state index in [1.807, 2.05) is 25.6 Å². The molecule has 1 aliphatic heterocycles. The number of carbonyl (C=O) groups excluding carboxylic acids is 1. The average Bonchev–Trinajstić information content (AvgIpc) is 2.91. The fourth-order valence-electron chi connectivity index (χ4n) is 2.92. The van der Waals surface area contributed by atoms with E-state index in [0.717, 1.165) is 17.0 Å². The number of aromatic nitrogens is 2. The highest BCUT2D eigenvalue weighted by molar-refractivity contribution is 5.80. The molecule has 116 valence electrons. The van der Waals surface area contributed by atoms with Crippen molar-refractivity contribution in [3.8, 4) is 0 Å². The Morgan fingerprint density at radius 3 is 2.52 bits per heavy atom. The normalized spacial score (nSPS) is 21.8.